The second kappa shape index (κ2) is 8.30. The zero-order chi connectivity index (χ0) is 17.6. The van der Waals surface area contributed by atoms with Gasteiger partial charge >= 0.3 is 0 Å². The Balaban J connectivity index is 1.69. The molecule has 3 rings (SSSR count). The molecule has 134 valence electrons. The molecule has 25 heavy (non-hydrogen) atoms. The first-order valence-electron chi connectivity index (χ1n) is 9.13. The van der Waals surface area contributed by atoms with E-state index < -0.39 is 6.10 Å². The quantitative estimate of drug-likeness (QED) is 0.910. The Morgan fingerprint density at radius 3 is 2.80 bits per heavy atom. The predicted molar refractivity (Wildman–Crippen MR) is 96.9 cm³/mol. The van der Waals surface area contributed by atoms with Gasteiger partial charge in [-0.2, -0.15) is 5.10 Å². The Morgan fingerprint density at radius 1 is 1.28 bits per heavy atom. The fraction of sp³-hybridized carbons (Fsp3) is 0.500. The van der Waals surface area contributed by atoms with Crippen molar-refractivity contribution in [3.8, 4) is 0 Å². The molecule has 2 heterocycles. The van der Waals surface area contributed by atoms with Gasteiger partial charge < -0.3 is 10.0 Å². The Morgan fingerprint density at radius 2 is 2.08 bits per heavy atom. The van der Waals surface area contributed by atoms with E-state index in [0.717, 1.165) is 43.4 Å². The highest BCUT2D eigenvalue weighted by Gasteiger charge is 2.27. The van der Waals surface area contributed by atoms with Crippen molar-refractivity contribution in [1.29, 1.82) is 0 Å². The maximum atomic E-state index is 12.9. The monoisotopic (exact) mass is 341 g/mol. The molecular weight excluding hydrogens is 314 g/mol. The number of rotatable bonds is 5. The minimum Gasteiger partial charge on any atom is -0.388 e. The fourth-order valence-corrected chi connectivity index (χ4v) is 3.66. The summed E-state index contributed by atoms with van der Waals surface area (Å²) in [6, 6.07) is 9.83. The lowest BCUT2D eigenvalue weighted by atomic mass is 9.98. The van der Waals surface area contributed by atoms with E-state index in [1.807, 2.05) is 48.5 Å². The Hall–Kier alpha value is -2.14. The van der Waals surface area contributed by atoms with Crippen molar-refractivity contribution >= 4 is 5.91 Å². The first-order valence-corrected chi connectivity index (χ1v) is 9.13. The number of aliphatic hydroxyl groups is 1. The summed E-state index contributed by atoms with van der Waals surface area (Å²) in [6.07, 6.45) is 8.36. The molecule has 2 atom stereocenters. The Bertz CT molecular complexity index is 683. The topological polar surface area (TPSA) is 58.4 Å². The summed E-state index contributed by atoms with van der Waals surface area (Å²) in [5.74, 6) is 0.139. The SMILES string of the molecule is Cn1cc(CC(=O)N2CCCCC[C@@H]2C[C@H](O)c2ccccc2)cn1. The molecule has 5 heteroatoms. The molecule has 5 nitrogen and oxygen atoms in total. The van der Waals surface area contributed by atoms with Crippen LogP contribution in [0.4, 0.5) is 0 Å². The van der Waals surface area contributed by atoms with Gasteiger partial charge in [-0.15, -0.1) is 0 Å². The van der Waals surface area contributed by atoms with Crippen LogP contribution in [0.25, 0.3) is 0 Å². The number of benzene rings is 1. The van der Waals surface area contributed by atoms with Gasteiger partial charge in [-0.3, -0.25) is 9.48 Å². The number of nitrogens with zero attached hydrogens (tertiary/aromatic N) is 3. The number of hydrogen-bond acceptors (Lipinski definition) is 3. The third-order valence-electron chi connectivity index (χ3n) is 4.99. The highest BCUT2D eigenvalue weighted by Crippen LogP contribution is 2.27. The van der Waals surface area contributed by atoms with Crippen LogP contribution in [0.3, 0.4) is 0 Å². The van der Waals surface area contributed by atoms with E-state index in [1.54, 1.807) is 10.9 Å². The molecule has 1 amide bonds. The van der Waals surface area contributed by atoms with E-state index in [0.29, 0.717) is 12.8 Å². The molecule has 1 aliphatic rings. The first-order chi connectivity index (χ1) is 12.1. The number of likely N-dealkylation sites (tertiary alicyclic amines) is 1. The van der Waals surface area contributed by atoms with E-state index in [4.69, 9.17) is 0 Å². The maximum absolute atomic E-state index is 12.9. The molecule has 1 aromatic carbocycles. The van der Waals surface area contributed by atoms with E-state index in [1.165, 1.54) is 0 Å². The summed E-state index contributed by atoms with van der Waals surface area (Å²) in [7, 11) is 1.86. The Kier molecular flexibility index (Phi) is 5.87. The maximum Gasteiger partial charge on any atom is 0.227 e. The number of amides is 1. The summed E-state index contributed by atoms with van der Waals surface area (Å²) >= 11 is 0. The molecular formula is C20H27N3O2. The molecule has 1 saturated heterocycles. The van der Waals surface area contributed by atoms with Crippen molar-refractivity contribution in [1.82, 2.24) is 14.7 Å². The highest BCUT2D eigenvalue weighted by molar-refractivity contribution is 5.79. The number of carbonyl (C=O) groups is 1. The molecule has 1 N–H and O–H groups in total. The van der Waals surface area contributed by atoms with E-state index in [9.17, 15) is 9.90 Å². The van der Waals surface area contributed by atoms with Gasteiger partial charge in [-0.05, 0) is 30.4 Å². The number of aryl methyl sites for hydroxylation is 1. The standard InChI is InChI=1S/C20H27N3O2/c1-22-15-16(14-21-22)12-20(25)23-11-7-3-6-10-18(23)13-19(24)17-8-4-2-5-9-17/h2,4-5,8-9,14-15,18-19,24H,3,6-7,10-13H2,1H3/t18-,19+/m1/s1. The molecule has 0 radical (unpaired) electrons. The lowest BCUT2D eigenvalue weighted by molar-refractivity contribution is -0.133. The van der Waals surface area contributed by atoms with Crippen molar-refractivity contribution in [2.24, 2.45) is 7.05 Å². The van der Waals surface area contributed by atoms with Crippen LogP contribution in [-0.4, -0.2) is 38.3 Å². The number of aliphatic hydroxyl groups excluding tert-OH is 1. The summed E-state index contributed by atoms with van der Waals surface area (Å²) in [4.78, 5) is 14.9. The molecule has 1 fully saturated rings. The minimum atomic E-state index is -0.530. The lowest BCUT2D eigenvalue weighted by Gasteiger charge is -2.31. The van der Waals surface area contributed by atoms with E-state index in [-0.39, 0.29) is 11.9 Å². The summed E-state index contributed by atoms with van der Waals surface area (Å²) in [6.45, 7) is 0.783. The number of hydrogen-bond donors (Lipinski definition) is 1. The van der Waals surface area contributed by atoms with E-state index >= 15 is 0 Å². The second-order valence-electron chi connectivity index (χ2n) is 6.95. The van der Waals surface area contributed by atoms with Gasteiger partial charge in [0.25, 0.3) is 0 Å². The van der Waals surface area contributed by atoms with Crippen LogP contribution >= 0.6 is 0 Å². The Labute approximate surface area is 149 Å². The van der Waals surface area contributed by atoms with Crippen LogP contribution in [0.5, 0.6) is 0 Å². The van der Waals surface area contributed by atoms with Crippen LogP contribution in [0, 0.1) is 0 Å². The third kappa shape index (κ3) is 4.69. The molecule has 0 aliphatic carbocycles. The lowest BCUT2D eigenvalue weighted by Crippen LogP contribution is -2.41. The van der Waals surface area contributed by atoms with Gasteiger partial charge in [-0.1, -0.05) is 43.2 Å². The average molecular weight is 341 g/mol. The van der Waals surface area contributed by atoms with Gasteiger partial charge in [0.05, 0.1) is 18.7 Å². The first kappa shape index (κ1) is 17.7. The van der Waals surface area contributed by atoms with E-state index in [2.05, 4.69) is 5.10 Å². The summed E-state index contributed by atoms with van der Waals surface area (Å²) in [5.41, 5.74) is 1.87. The van der Waals surface area contributed by atoms with Crippen LogP contribution in [-0.2, 0) is 18.3 Å². The zero-order valence-corrected chi connectivity index (χ0v) is 14.8. The largest absolute Gasteiger partial charge is 0.388 e. The third-order valence-corrected chi connectivity index (χ3v) is 4.99. The molecule has 0 unspecified atom stereocenters. The fourth-order valence-electron chi connectivity index (χ4n) is 3.66. The van der Waals surface area contributed by atoms with Crippen molar-refractivity contribution in [2.75, 3.05) is 6.54 Å². The van der Waals surface area contributed by atoms with Gasteiger partial charge in [-0.25, -0.2) is 0 Å². The molecule has 0 saturated carbocycles. The van der Waals surface area contributed by atoms with Gasteiger partial charge in [0.2, 0.25) is 5.91 Å². The molecule has 2 aromatic rings. The van der Waals surface area contributed by atoms with Crippen LogP contribution in [0.15, 0.2) is 42.7 Å². The van der Waals surface area contributed by atoms with Crippen molar-refractivity contribution in [3.05, 3.63) is 53.9 Å². The molecule has 1 aromatic heterocycles. The summed E-state index contributed by atoms with van der Waals surface area (Å²) < 4.78 is 1.72. The predicted octanol–water partition coefficient (Wildman–Crippen LogP) is 2.86. The normalized spacial score (nSPS) is 19.4. The van der Waals surface area contributed by atoms with Crippen LogP contribution in [0.2, 0.25) is 0 Å². The average Bonchev–Trinajstić information content (AvgIpc) is 2.88. The number of carbonyl (C=O) groups excluding carboxylic acids is 1. The van der Waals surface area contributed by atoms with Crippen molar-refractivity contribution < 1.29 is 9.90 Å². The zero-order valence-electron chi connectivity index (χ0n) is 14.8. The molecule has 0 spiro atoms. The smallest absolute Gasteiger partial charge is 0.227 e. The van der Waals surface area contributed by atoms with Crippen molar-refractivity contribution in [3.63, 3.8) is 0 Å². The minimum absolute atomic E-state index is 0.0990. The molecule has 0 bridgehead atoms. The number of aromatic nitrogens is 2. The van der Waals surface area contributed by atoms with Gasteiger partial charge in [0.15, 0.2) is 0 Å². The van der Waals surface area contributed by atoms with Crippen LogP contribution in [0.1, 0.15) is 49.3 Å². The molecule has 1 aliphatic heterocycles. The van der Waals surface area contributed by atoms with Gasteiger partial charge in [0.1, 0.15) is 0 Å². The highest BCUT2D eigenvalue weighted by atomic mass is 16.3. The second-order valence-corrected chi connectivity index (χ2v) is 6.95. The van der Waals surface area contributed by atoms with Crippen molar-refractivity contribution in [2.45, 2.75) is 50.7 Å². The van der Waals surface area contributed by atoms with Crippen LogP contribution < -0.4 is 0 Å². The van der Waals surface area contributed by atoms with Gasteiger partial charge in [0, 0.05) is 25.8 Å². The summed E-state index contributed by atoms with van der Waals surface area (Å²) in [5, 5.41) is 14.8.